The molecular weight excluding hydrogens is 176 g/mol. The third-order valence-electron chi connectivity index (χ3n) is 1.52. The summed E-state index contributed by atoms with van der Waals surface area (Å²) >= 11 is 0. The zero-order chi connectivity index (χ0) is 10.4. The van der Waals surface area contributed by atoms with Crippen LogP contribution in [0.4, 0.5) is 0 Å². The van der Waals surface area contributed by atoms with Gasteiger partial charge >= 0.3 is 11.9 Å². The summed E-state index contributed by atoms with van der Waals surface area (Å²) in [7, 11) is 0. The molecule has 0 fully saturated rings. The molecular formula is C7H14N2O4. The molecule has 5 N–H and O–H groups in total. The SMILES string of the molecule is CC(CN)NC(CC(=O)O)C(=O)O. The highest BCUT2D eigenvalue weighted by Gasteiger charge is 2.21. The Hall–Kier alpha value is -1.14. The second-order valence-corrected chi connectivity index (χ2v) is 2.79. The van der Waals surface area contributed by atoms with E-state index in [9.17, 15) is 9.59 Å². The van der Waals surface area contributed by atoms with Crippen molar-refractivity contribution in [3.63, 3.8) is 0 Å². The van der Waals surface area contributed by atoms with E-state index >= 15 is 0 Å². The van der Waals surface area contributed by atoms with Crippen molar-refractivity contribution in [2.45, 2.75) is 25.4 Å². The highest BCUT2D eigenvalue weighted by Crippen LogP contribution is 1.94. The maximum absolute atomic E-state index is 10.5. The summed E-state index contributed by atoms with van der Waals surface area (Å²) in [6, 6.07) is -1.28. The standard InChI is InChI=1S/C7H14N2O4/c1-4(3-8)9-5(7(12)13)2-6(10)11/h4-5,9H,2-3,8H2,1H3,(H,10,11)(H,12,13). The number of carboxylic acid groups (broad SMARTS) is 2. The molecule has 76 valence electrons. The first-order chi connectivity index (χ1) is 5.97. The predicted octanol–water partition coefficient (Wildman–Crippen LogP) is -1.15. The molecule has 0 bridgehead atoms. The van der Waals surface area contributed by atoms with Crippen molar-refractivity contribution in [2.75, 3.05) is 6.54 Å². The molecule has 0 aromatic rings. The largest absolute Gasteiger partial charge is 0.481 e. The molecule has 2 atom stereocenters. The molecule has 0 aromatic heterocycles. The van der Waals surface area contributed by atoms with Crippen LogP contribution >= 0.6 is 0 Å². The Morgan fingerprint density at radius 1 is 1.46 bits per heavy atom. The molecule has 0 rings (SSSR count). The molecule has 13 heavy (non-hydrogen) atoms. The maximum Gasteiger partial charge on any atom is 0.321 e. The first-order valence-corrected chi connectivity index (χ1v) is 3.88. The summed E-state index contributed by atoms with van der Waals surface area (Å²) < 4.78 is 0. The highest BCUT2D eigenvalue weighted by atomic mass is 16.4. The summed E-state index contributed by atoms with van der Waals surface area (Å²) in [4.78, 5) is 20.8. The van der Waals surface area contributed by atoms with Gasteiger partial charge in [-0.1, -0.05) is 0 Å². The topological polar surface area (TPSA) is 113 Å². The minimum absolute atomic E-state index is 0.208. The monoisotopic (exact) mass is 190 g/mol. The molecule has 0 aliphatic heterocycles. The van der Waals surface area contributed by atoms with Crippen LogP contribution in [0.5, 0.6) is 0 Å². The van der Waals surface area contributed by atoms with E-state index in [1.54, 1.807) is 6.92 Å². The number of carbonyl (C=O) groups is 2. The average molecular weight is 190 g/mol. The number of aliphatic carboxylic acids is 2. The molecule has 0 aliphatic carbocycles. The first-order valence-electron chi connectivity index (χ1n) is 3.88. The number of nitrogens with two attached hydrogens (primary N) is 1. The van der Waals surface area contributed by atoms with Crippen molar-refractivity contribution in [3.05, 3.63) is 0 Å². The molecule has 0 aromatic carbocycles. The van der Waals surface area contributed by atoms with Gasteiger partial charge in [-0.3, -0.25) is 9.59 Å². The van der Waals surface area contributed by atoms with E-state index < -0.39 is 24.4 Å². The fourth-order valence-corrected chi connectivity index (χ4v) is 0.804. The lowest BCUT2D eigenvalue weighted by Gasteiger charge is -2.16. The normalized spacial score (nSPS) is 14.9. The Morgan fingerprint density at radius 3 is 2.31 bits per heavy atom. The second-order valence-electron chi connectivity index (χ2n) is 2.79. The van der Waals surface area contributed by atoms with E-state index in [-0.39, 0.29) is 12.6 Å². The molecule has 0 radical (unpaired) electrons. The molecule has 0 saturated carbocycles. The van der Waals surface area contributed by atoms with Crippen LogP contribution in [-0.4, -0.2) is 40.8 Å². The zero-order valence-corrected chi connectivity index (χ0v) is 7.36. The minimum Gasteiger partial charge on any atom is -0.481 e. The quantitative estimate of drug-likeness (QED) is 0.420. The lowest BCUT2D eigenvalue weighted by molar-refractivity contribution is -0.146. The second kappa shape index (κ2) is 5.50. The lowest BCUT2D eigenvalue weighted by atomic mass is 10.2. The fraction of sp³-hybridized carbons (Fsp3) is 0.714. The molecule has 6 nitrogen and oxygen atoms in total. The number of nitrogens with one attached hydrogen (secondary N) is 1. The van der Waals surface area contributed by atoms with Gasteiger partial charge < -0.3 is 21.3 Å². The van der Waals surface area contributed by atoms with Crippen LogP contribution in [0.2, 0.25) is 0 Å². The Morgan fingerprint density at radius 2 is 2.00 bits per heavy atom. The number of hydrogen-bond acceptors (Lipinski definition) is 4. The molecule has 0 saturated heterocycles. The van der Waals surface area contributed by atoms with Gasteiger partial charge in [0.05, 0.1) is 6.42 Å². The van der Waals surface area contributed by atoms with Crippen molar-refractivity contribution in [3.8, 4) is 0 Å². The third kappa shape index (κ3) is 5.15. The van der Waals surface area contributed by atoms with Gasteiger partial charge in [-0.05, 0) is 6.92 Å². The van der Waals surface area contributed by atoms with Gasteiger partial charge in [-0.25, -0.2) is 0 Å². The molecule has 0 heterocycles. The minimum atomic E-state index is -1.18. The summed E-state index contributed by atoms with van der Waals surface area (Å²) in [5.74, 6) is -2.33. The Labute approximate surface area is 75.7 Å². The maximum atomic E-state index is 10.5. The molecule has 0 aliphatic rings. The summed E-state index contributed by atoms with van der Waals surface area (Å²) in [6.07, 6.45) is -0.445. The van der Waals surface area contributed by atoms with E-state index in [2.05, 4.69) is 5.32 Å². The van der Waals surface area contributed by atoms with Crippen LogP contribution in [0, 0.1) is 0 Å². The fourth-order valence-electron chi connectivity index (χ4n) is 0.804. The number of rotatable bonds is 6. The summed E-state index contributed by atoms with van der Waals surface area (Å²) in [6.45, 7) is 1.96. The molecule has 0 amide bonds. The van der Waals surface area contributed by atoms with Gasteiger partial charge in [-0.15, -0.1) is 0 Å². The van der Waals surface area contributed by atoms with Crippen molar-refractivity contribution in [1.82, 2.24) is 5.32 Å². The Balaban J connectivity index is 4.10. The Kier molecular flexibility index (Phi) is 5.01. The van der Waals surface area contributed by atoms with Crippen LogP contribution < -0.4 is 11.1 Å². The lowest BCUT2D eigenvalue weighted by Crippen LogP contribution is -2.46. The van der Waals surface area contributed by atoms with Gasteiger partial charge in [0.2, 0.25) is 0 Å². The number of hydrogen-bond donors (Lipinski definition) is 4. The predicted molar refractivity (Wildman–Crippen MR) is 45.3 cm³/mol. The molecule has 2 unspecified atom stereocenters. The van der Waals surface area contributed by atoms with E-state index in [1.165, 1.54) is 0 Å². The van der Waals surface area contributed by atoms with Gasteiger partial charge in [0.15, 0.2) is 0 Å². The van der Waals surface area contributed by atoms with Gasteiger partial charge in [-0.2, -0.15) is 0 Å². The van der Waals surface area contributed by atoms with E-state index in [0.717, 1.165) is 0 Å². The van der Waals surface area contributed by atoms with Crippen molar-refractivity contribution < 1.29 is 19.8 Å². The van der Waals surface area contributed by atoms with Crippen LogP contribution in [-0.2, 0) is 9.59 Å². The van der Waals surface area contributed by atoms with Crippen LogP contribution in [0.15, 0.2) is 0 Å². The smallest absolute Gasteiger partial charge is 0.321 e. The van der Waals surface area contributed by atoms with E-state index in [0.29, 0.717) is 0 Å². The van der Waals surface area contributed by atoms with E-state index in [4.69, 9.17) is 15.9 Å². The van der Waals surface area contributed by atoms with Crippen molar-refractivity contribution in [2.24, 2.45) is 5.73 Å². The first kappa shape index (κ1) is 11.9. The van der Waals surface area contributed by atoms with Crippen LogP contribution in [0.1, 0.15) is 13.3 Å². The zero-order valence-electron chi connectivity index (χ0n) is 7.36. The van der Waals surface area contributed by atoms with Crippen molar-refractivity contribution in [1.29, 1.82) is 0 Å². The van der Waals surface area contributed by atoms with Gasteiger partial charge in [0, 0.05) is 12.6 Å². The average Bonchev–Trinajstić information content (AvgIpc) is 2.02. The molecule has 0 spiro atoms. The summed E-state index contributed by atoms with van der Waals surface area (Å²) in [5, 5.41) is 19.6. The van der Waals surface area contributed by atoms with Crippen LogP contribution in [0.3, 0.4) is 0 Å². The third-order valence-corrected chi connectivity index (χ3v) is 1.52. The van der Waals surface area contributed by atoms with E-state index in [1.807, 2.05) is 0 Å². The Bertz CT molecular complexity index is 195. The highest BCUT2D eigenvalue weighted by molar-refractivity contribution is 5.80. The van der Waals surface area contributed by atoms with Gasteiger partial charge in [0.25, 0.3) is 0 Å². The van der Waals surface area contributed by atoms with Gasteiger partial charge in [0.1, 0.15) is 6.04 Å². The van der Waals surface area contributed by atoms with Crippen LogP contribution in [0.25, 0.3) is 0 Å². The van der Waals surface area contributed by atoms with Crippen molar-refractivity contribution >= 4 is 11.9 Å². The summed E-state index contributed by atoms with van der Waals surface area (Å²) in [5.41, 5.74) is 5.25. The number of carboxylic acids is 2. The molecule has 6 heteroatoms.